The average molecular weight is 321 g/mol. The van der Waals surface area contributed by atoms with Crippen molar-refractivity contribution in [1.82, 2.24) is 0 Å². The van der Waals surface area contributed by atoms with Crippen LogP contribution in [0.15, 0.2) is 53.2 Å². The van der Waals surface area contributed by atoms with Crippen molar-refractivity contribution in [1.29, 1.82) is 0 Å². The maximum atomic E-state index is 12.2. The number of cyclic esters (lactones) is 1. The molecular formula is C20H19NO3. The molecule has 4 heteroatoms. The van der Waals surface area contributed by atoms with Crippen molar-refractivity contribution in [3.05, 3.63) is 70.4 Å². The van der Waals surface area contributed by atoms with Gasteiger partial charge in [0.2, 0.25) is 5.90 Å². The van der Waals surface area contributed by atoms with Crippen molar-refractivity contribution in [3.63, 3.8) is 0 Å². The van der Waals surface area contributed by atoms with Crippen LogP contribution >= 0.6 is 0 Å². The highest BCUT2D eigenvalue weighted by atomic mass is 16.6. The van der Waals surface area contributed by atoms with E-state index in [1.165, 1.54) is 0 Å². The SMILES string of the molecule is CCc1ccc(OC)c(/C=C2/N=C(c3cccc(C)c3)OC2=O)c1. The number of aryl methyl sites for hydroxylation is 2. The van der Waals surface area contributed by atoms with E-state index in [1.54, 1.807) is 13.2 Å². The fourth-order valence-electron chi connectivity index (χ4n) is 2.57. The average Bonchev–Trinajstić information content (AvgIpc) is 2.95. The van der Waals surface area contributed by atoms with Gasteiger partial charge in [-0.2, -0.15) is 0 Å². The van der Waals surface area contributed by atoms with Gasteiger partial charge < -0.3 is 9.47 Å². The number of carbonyl (C=O) groups is 1. The van der Waals surface area contributed by atoms with Gasteiger partial charge in [0.15, 0.2) is 5.70 Å². The summed E-state index contributed by atoms with van der Waals surface area (Å²) < 4.78 is 10.7. The maximum Gasteiger partial charge on any atom is 0.363 e. The molecule has 0 fully saturated rings. The Labute approximate surface area is 141 Å². The van der Waals surface area contributed by atoms with Crippen LogP contribution in [-0.4, -0.2) is 19.0 Å². The van der Waals surface area contributed by atoms with Gasteiger partial charge in [-0.1, -0.05) is 30.7 Å². The van der Waals surface area contributed by atoms with Crippen LogP contribution in [-0.2, 0) is 16.0 Å². The number of rotatable bonds is 4. The zero-order valence-corrected chi connectivity index (χ0v) is 14.0. The molecule has 0 saturated carbocycles. The van der Waals surface area contributed by atoms with Gasteiger partial charge in [0.1, 0.15) is 5.75 Å². The number of aliphatic imine (C=N–C) groups is 1. The van der Waals surface area contributed by atoms with Gasteiger partial charge in [0, 0.05) is 11.1 Å². The summed E-state index contributed by atoms with van der Waals surface area (Å²) in [5.41, 5.74) is 4.13. The third kappa shape index (κ3) is 3.23. The molecule has 0 aliphatic carbocycles. The number of carbonyl (C=O) groups excluding carboxylic acids is 1. The van der Waals surface area contributed by atoms with E-state index < -0.39 is 5.97 Å². The minimum atomic E-state index is -0.449. The molecule has 0 atom stereocenters. The third-order valence-corrected chi connectivity index (χ3v) is 3.88. The molecule has 0 amide bonds. The molecule has 1 heterocycles. The topological polar surface area (TPSA) is 47.9 Å². The first kappa shape index (κ1) is 16.0. The van der Waals surface area contributed by atoms with E-state index in [1.807, 2.05) is 49.4 Å². The molecule has 2 aromatic rings. The smallest absolute Gasteiger partial charge is 0.363 e. The van der Waals surface area contributed by atoms with Gasteiger partial charge in [0.05, 0.1) is 7.11 Å². The molecule has 0 bridgehead atoms. The minimum absolute atomic E-state index is 0.276. The molecule has 1 aliphatic rings. The molecule has 0 N–H and O–H groups in total. The van der Waals surface area contributed by atoms with Crippen LogP contribution in [0.25, 0.3) is 6.08 Å². The molecule has 3 rings (SSSR count). The zero-order chi connectivity index (χ0) is 17.1. The van der Waals surface area contributed by atoms with E-state index in [-0.39, 0.29) is 5.70 Å². The highest BCUT2D eigenvalue weighted by Gasteiger charge is 2.24. The molecule has 24 heavy (non-hydrogen) atoms. The quantitative estimate of drug-likeness (QED) is 0.633. The van der Waals surface area contributed by atoms with Crippen LogP contribution in [0.2, 0.25) is 0 Å². The van der Waals surface area contributed by atoms with E-state index >= 15 is 0 Å². The second kappa shape index (κ2) is 6.71. The van der Waals surface area contributed by atoms with Gasteiger partial charge >= 0.3 is 5.97 Å². The highest BCUT2D eigenvalue weighted by Crippen LogP contribution is 2.26. The molecule has 0 spiro atoms. The van der Waals surface area contributed by atoms with E-state index in [0.29, 0.717) is 11.6 Å². The molecule has 2 aromatic carbocycles. The number of esters is 1. The number of ether oxygens (including phenoxy) is 2. The first-order valence-electron chi connectivity index (χ1n) is 7.87. The summed E-state index contributed by atoms with van der Waals surface area (Å²) >= 11 is 0. The van der Waals surface area contributed by atoms with Crippen LogP contribution in [0.1, 0.15) is 29.2 Å². The summed E-state index contributed by atoms with van der Waals surface area (Å²) in [4.78, 5) is 16.5. The van der Waals surface area contributed by atoms with Crippen molar-refractivity contribution in [3.8, 4) is 5.75 Å². The number of methoxy groups -OCH3 is 1. The Morgan fingerprint density at radius 1 is 1.21 bits per heavy atom. The summed E-state index contributed by atoms with van der Waals surface area (Å²) in [5, 5.41) is 0. The molecule has 1 aliphatic heterocycles. The Kier molecular flexibility index (Phi) is 4.47. The van der Waals surface area contributed by atoms with Crippen molar-refractivity contribution in [2.45, 2.75) is 20.3 Å². The van der Waals surface area contributed by atoms with E-state index in [9.17, 15) is 4.79 Å². The largest absolute Gasteiger partial charge is 0.496 e. The highest BCUT2D eigenvalue weighted by molar-refractivity contribution is 6.13. The zero-order valence-electron chi connectivity index (χ0n) is 14.0. The fourth-order valence-corrected chi connectivity index (χ4v) is 2.57. The molecular weight excluding hydrogens is 302 g/mol. The Hall–Kier alpha value is -2.88. The minimum Gasteiger partial charge on any atom is -0.496 e. The molecule has 0 radical (unpaired) electrons. The van der Waals surface area contributed by atoms with Crippen LogP contribution in [0.4, 0.5) is 0 Å². The van der Waals surface area contributed by atoms with Crippen molar-refractivity contribution in [2.24, 2.45) is 4.99 Å². The van der Waals surface area contributed by atoms with Crippen molar-refractivity contribution >= 4 is 17.9 Å². The lowest BCUT2D eigenvalue weighted by Gasteiger charge is -2.06. The number of hydrogen-bond donors (Lipinski definition) is 0. The molecule has 0 aromatic heterocycles. The summed E-state index contributed by atoms with van der Waals surface area (Å²) in [6, 6.07) is 13.6. The van der Waals surface area contributed by atoms with Gasteiger partial charge in [-0.05, 0) is 49.2 Å². The third-order valence-electron chi connectivity index (χ3n) is 3.88. The van der Waals surface area contributed by atoms with Gasteiger partial charge in [0.25, 0.3) is 0 Å². The standard InChI is InChI=1S/C20H19NO3/c1-4-14-8-9-18(23-3)16(11-14)12-17-20(22)24-19(21-17)15-7-5-6-13(2)10-15/h5-12H,4H2,1-3H3/b17-12+. The lowest BCUT2D eigenvalue weighted by Crippen LogP contribution is -2.05. The van der Waals surface area contributed by atoms with Crippen LogP contribution in [0.3, 0.4) is 0 Å². The molecule has 0 saturated heterocycles. The summed E-state index contributed by atoms with van der Waals surface area (Å²) in [6.45, 7) is 4.06. The predicted octanol–water partition coefficient (Wildman–Crippen LogP) is 3.91. The van der Waals surface area contributed by atoms with E-state index in [2.05, 4.69) is 11.9 Å². The molecule has 0 unspecified atom stereocenters. The summed E-state index contributed by atoms with van der Waals surface area (Å²) in [6.07, 6.45) is 2.62. The Morgan fingerprint density at radius 2 is 2.04 bits per heavy atom. The Bertz CT molecular complexity index is 850. The monoisotopic (exact) mass is 321 g/mol. The van der Waals surface area contributed by atoms with Gasteiger partial charge in [-0.15, -0.1) is 0 Å². The van der Waals surface area contributed by atoms with E-state index in [4.69, 9.17) is 9.47 Å². The number of benzene rings is 2. The van der Waals surface area contributed by atoms with Crippen molar-refractivity contribution in [2.75, 3.05) is 7.11 Å². The lowest BCUT2D eigenvalue weighted by atomic mass is 10.1. The van der Waals surface area contributed by atoms with Crippen molar-refractivity contribution < 1.29 is 14.3 Å². The van der Waals surface area contributed by atoms with Crippen LogP contribution in [0, 0.1) is 6.92 Å². The summed E-state index contributed by atoms with van der Waals surface area (Å²) in [7, 11) is 1.61. The first-order valence-corrected chi connectivity index (χ1v) is 7.87. The normalized spacial score (nSPS) is 15.4. The first-order chi connectivity index (χ1) is 11.6. The van der Waals surface area contributed by atoms with Gasteiger partial charge in [-0.3, -0.25) is 0 Å². The fraction of sp³-hybridized carbons (Fsp3) is 0.200. The molecule has 122 valence electrons. The Morgan fingerprint density at radius 3 is 2.75 bits per heavy atom. The lowest BCUT2D eigenvalue weighted by molar-refractivity contribution is -0.129. The number of hydrogen-bond acceptors (Lipinski definition) is 4. The predicted molar refractivity (Wildman–Crippen MR) is 94.2 cm³/mol. The second-order valence-electron chi connectivity index (χ2n) is 5.64. The van der Waals surface area contributed by atoms with Crippen LogP contribution in [0.5, 0.6) is 5.75 Å². The molecule has 4 nitrogen and oxygen atoms in total. The maximum absolute atomic E-state index is 12.2. The summed E-state index contributed by atoms with van der Waals surface area (Å²) in [5.74, 6) is 0.586. The number of nitrogens with zero attached hydrogens (tertiary/aromatic N) is 1. The Balaban J connectivity index is 2.00. The second-order valence-corrected chi connectivity index (χ2v) is 5.64. The van der Waals surface area contributed by atoms with E-state index in [0.717, 1.165) is 28.7 Å². The van der Waals surface area contributed by atoms with Gasteiger partial charge in [-0.25, -0.2) is 9.79 Å². The van der Waals surface area contributed by atoms with Crippen LogP contribution < -0.4 is 4.74 Å².